The molecule has 1 N–H and O–H groups in total. The molecular formula is C16H21BrN4O2. The Morgan fingerprint density at radius 1 is 1.26 bits per heavy atom. The molecule has 1 aromatic heterocycles. The molecule has 0 aromatic carbocycles. The van der Waals surface area contributed by atoms with Crippen molar-refractivity contribution in [1.82, 2.24) is 20.1 Å². The number of nitrogens with zero attached hydrogens (tertiary/aromatic N) is 3. The molecule has 1 aliphatic heterocycles. The maximum Gasteiger partial charge on any atom is 0.255 e. The zero-order valence-corrected chi connectivity index (χ0v) is 14.8. The van der Waals surface area contributed by atoms with E-state index in [2.05, 4.69) is 31.1 Å². The highest BCUT2D eigenvalue weighted by atomic mass is 79.9. The highest BCUT2D eigenvalue weighted by molar-refractivity contribution is 9.10. The van der Waals surface area contributed by atoms with Gasteiger partial charge >= 0.3 is 0 Å². The van der Waals surface area contributed by atoms with Crippen molar-refractivity contribution < 1.29 is 9.59 Å². The van der Waals surface area contributed by atoms with Crippen LogP contribution in [-0.2, 0) is 4.79 Å². The number of hydrogen-bond acceptors (Lipinski definition) is 4. The summed E-state index contributed by atoms with van der Waals surface area (Å²) >= 11 is 3.34. The largest absolute Gasteiger partial charge is 0.352 e. The van der Waals surface area contributed by atoms with Crippen LogP contribution in [0.5, 0.6) is 0 Å². The molecule has 1 atom stereocenters. The first-order valence-electron chi connectivity index (χ1n) is 7.99. The van der Waals surface area contributed by atoms with Crippen LogP contribution in [0.4, 0.5) is 0 Å². The second-order valence-corrected chi connectivity index (χ2v) is 7.09. The van der Waals surface area contributed by atoms with Crippen LogP contribution < -0.4 is 5.32 Å². The van der Waals surface area contributed by atoms with Gasteiger partial charge in [-0.25, -0.2) is 0 Å². The van der Waals surface area contributed by atoms with E-state index in [-0.39, 0.29) is 17.9 Å². The predicted octanol–water partition coefficient (Wildman–Crippen LogP) is 1.27. The summed E-state index contributed by atoms with van der Waals surface area (Å²) in [5.41, 5.74) is 0.590. The summed E-state index contributed by atoms with van der Waals surface area (Å²) in [6, 6.07) is 2.03. The number of halogens is 1. The van der Waals surface area contributed by atoms with Crippen LogP contribution in [0.2, 0.25) is 0 Å². The summed E-state index contributed by atoms with van der Waals surface area (Å²) < 4.78 is 0.798. The molecule has 6 nitrogen and oxygen atoms in total. The van der Waals surface area contributed by atoms with Gasteiger partial charge in [0.15, 0.2) is 0 Å². The van der Waals surface area contributed by atoms with E-state index in [0.29, 0.717) is 37.8 Å². The normalized spacial score (nSPS) is 20.2. The number of rotatable bonds is 4. The highest BCUT2D eigenvalue weighted by Crippen LogP contribution is 2.19. The number of amides is 2. The second-order valence-electron chi connectivity index (χ2n) is 6.18. The first kappa shape index (κ1) is 16.4. The van der Waals surface area contributed by atoms with Crippen molar-refractivity contribution in [1.29, 1.82) is 0 Å². The number of carbonyl (C=O) groups excluding carboxylic acids is 2. The maximum atomic E-state index is 12.5. The van der Waals surface area contributed by atoms with Gasteiger partial charge in [-0.05, 0) is 41.8 Å². The molecule has 1 aromatic rings. The third-order valence-corrected chi connectivity index (χ3v) is 4.84. The van der Waals surface area contributed by atoms with Crippen LogP contribution in [0.3, 0.4) is 0 Å². The number of piperazine rings is 1. The lowest BCUT2D eigenvalue weighted by molar-refractivity contribution is -0.126. The maximum absolute atomic E-state index is 12.5. The molecule has 1 unspecified atom stereocenters. The van der Waals surface area contributed by atoms with Gasteiger partial charge in [-0.3, -0.25) is 19.5 Å². The van der Waals surface area contributed by atoms with E-state index < -0.39 is 0 Å². The first-order chi connectivity index (χ1) is 11.0. The molecule has 3 rings (SSSR count). The van der Waals surface area contributed by atoms with Crippen molar-refractivity contribution in [2.75, 3.05) is 26.2 Å². The van der Waals surface area contributed by atoms with Crippen molar-refractivity contribution in [3.8, 4) is 0 Å². The summed E-state index contributed by atoms with van der Waals surface area (Å²) in [6.45, 7) is 4.63. The molecule has 124 valence electrons. The Hall–Kier alpha value is -1.47. The fourth-order valence-corrected chi connectivity index (χ4v) is 3.10. The average Bonchev–Trinajstić information content (AvgIpc) is 3.37. The Labute approximate surface area is 144 Å². The van der Waals surface area contributed by atoms with Gasteiger partial charge in [0, 0.05) is 49.1 Å². The van der Waals surface area contributed by atoms with E-state index >= 15 is 0 Å². The van der Waals surface area contributed by atoms with Crippen LogP contribution in [0.15, 0.2) is 22.9 Å². The summed E-state index contributed by atoms with van der Waals surface area (Å²) in [6.07, 6.45) is 5.45. The molecule has 1 saturated heterocycles. The fourth-order valence-electron chi connectivity index (χ4n) is 2.74. The number of hydrogen-bond donors (Lipinski definition) is 1. The lowest BCUT2D eigenvalue weighted by Gasteiger charge is -2.37. The van der Waals surface area contributed by atoms with Crippen molar-refractivity contribution in [3.63, 3.8) is 0 Å². The van der Waals surface area contributed by atoms with E-state index in [1.165, 1.54) is 0 Å². The molecule has 7 heteroatoms. The molecule has 23 heavy (non-hydrogen) atoms. The van der Waals surface area contributed by atoms with Gasteiger partial charge in [0.25, 0.3) is 5.91 Å². The van der Waals surface area contributed by atoms with E-state index in [4.69, 9.17) is 0 Å². The minimum atomic E-state index is -0.139. The van der Waals surface area contributed by atoms with Crippen molar-refractivity contribution >= 4 is 27.7 Å². The lowest BCUT2D eigenvalue weighted by Crippen LogP contribution is -2.55. The molecule has 1 aliphatic carbocycles. The Kier molecular flexibility index (Phi) is 4.96. The smallest absolute Gasteiger partial charge is 0.255 e. The molecule has 2 fully saturated rings. The van der Waals surface area contributed by atoms with Gasteiger partial charge < -0.3 is 10.2 Å². The third-order valence-electron chi connectivity index (χ3n) is 4.40. The lowest BCUT2D eigenvalue weighted by atomic mass is 10.2. The Morgan fingerprint density at radius 3 is 2.57 bits per heavy atom. The zero-order chi connectivity index (χ0) is 16.4. The monoisotopic (exact) mass is 380 g/mol. The summed E-state index contributed by atoms with van der Waals surface area (Å²) in [5, 5.41) is 3.04. The second kappa shape index (κ2) is 6.97. The molecule has 2 amide bonds. The first-order valence-corrected chi connectivity index (χ1v) is 8.78. The average molecular weight is 381 g/mol. The summed E-state index contributed by atoms with van der Waals surface area (Å²) in [4.78, 5) is 32.6. The van der Waals surface area contributed by atoms with E-state index in [0.717, 1.165) is 17.3 Å². The van der Waals surface area contributed by atoms with Gasteiger partial charge in [-0.1, -0.05) is 0 Å². The van der Waals surface area contributed by atoms with Crippen LogP contribution in [0, 0.1) is 0 Å². The van der Waals surface area contributed by atoms with Crippen molar-refractivity contribution in [2.24, 2.45) is 0 Å². The SMILES string of the molecule is CC(C(=O)NC1CC1)N1CCN(C(=O)c2cncc(Br)c2)CC1. The summed E-state index contributed by atoms with van der Waals surface area (Å²) in [5.74, 6) is 0.0944. The van der Waals surface area contributed by atoms with Crippen molar-refractivity contribution in [2.45, 2.75) is 31.8 Å². The topological polar surface area (TPSA) is 65.5 Å². The molecule has 0 radical (unpaired) electrons. The van der Waals surface area contributed by atoms with Gasteiger partial charge in [0.2, 0.25) is 5.91 Å². The molecule has 2 aliphatic rings. The van der Waals surface area contributed by atoms with E-state index in [1.807, 2.05) is 11.8 Å². The van der Waals surface area contributed by atoms with Crippen LogP contribution >= 0.6 is 15.9 Å². The van der Waals surface area contributed by atoms with Crippen LogP contribution in [0.25, 0.3) is 0 Å². The number of pyridine rings is 1. The number of carbonyl (C=O) groups is 2. The number of nitrogens with one attached hydrogen (secondary N) is 1. The minimum Gasteiger partial charge on any atom is -0.352 e. The van der Waals surface area contributed by atoms with Gasteiger partial charge in [-0.2, -0.15) is 0 Å². The van der Waals surface area contributed by atoms with Gasteiger partial charge in [0.05, 0.1) is 11.6 Å². The Morgan fingerprint density at radius 2 is 1.96 bits per heavy atom. The highest BCUT2D eigenvalue weighted by Gasteiger charge is 2.31. The van der Waals surface area contributed by atoms with Gasteiger partial charge in [-0.15, -0.1) is 0 Å². The third kappa shape index (κ3) is 4.09. The summed E-state index contributed by atoms with van der Waals surface area (Å²) in [7, 11) is 0. The zero-order valence-electron chi connectivity index (χ0n) is 13.2. The molecule has 0 bridgehead atoms. The standard InChI is InChI=1S/C16H21BrN4O2/c1-11(15(22)19-14-2-3-14)20-4-6-21(7-5-20)16(23)12-8-13(17)10-18-9-12/h8-11,14H,2-7H2,1H3,(H,19,22). The molecule has 1 saturated carbocycles. The fraction of sp³-hybridized carbons (Fsp3) is 0.562. The number of aromatic nitrogens is 1. The van der Waals surface area contributed by atoms with E-state index in [1.54, 1.807) is 18.5 Å². The predicted molar refractivity (Wildman–Crippen MR) is 90.0 cm³/mol. The Bertz CT molecular complexity index is 597. The Balaban J connectivity index is 1.53. The quantitative estimate of drug-likeness (QED) is 0.853. The molecular weight excluding hydrogens is 360 g/mol. The van der Waals surface area contributed by atoms with E-state index in [9.17, 15) is 9.59 Å². The molecule has 0 spiro atoms. The minimum absolute atomic E-state index is 0.00599. The van der Waals surface area contributed by atoms with Crippen LogP contribution in [0.1, 0.15) is 30.1 Å². The van der Waals surface area contributed by atoms with Gasteiger partial charge in [0.1, 0.15) is 0 Å². The molecule has 2 heterocycles. The van der Waals surface area contributed by atoms with Crippen molar-refractivity contribution in [3.05, 3.63) is 28.5 Å². The van der Waals surface area contributed by atoms with Crippen LogP contribution in [-0.4, -0.2) is 64.9 Å².